The van der Waals surface area contributed by atoms with Gasteiger partial charge in [-0.25, -0.2) is 4.79 Å². The largest absolute Gasteiger partial charge is 0.445 e. The quantitative estimate of drug-likeness (QED) is 0.662. The van der Waals surface area contributed by atoms with Crippen molar-refractivity contribution in [3.05, 3.63) is 33.8 Å². The molecule has 0 bridgehead atoms. The molecule has 0 fully saturated rings. The van der Waals surface area contributed by atoms with Crippen molar-refractivity contribution in [3.63, 3.8) is 0 Å². The minimum absolute atomic E-state index is 0.106. The van der Waals surface area contributed by atoms with Crippen molar-refractivity contribution in [1.82, 2.24) is 9.88 Å². The number of rotatable bonds is 4. The Kier molecular flexibility index (Phi) is 5.11. The van der Waals surface area contributed by atoms with Gasteiger partial charge in [0.2, 0.25) is 0 Å². The molecule has 108 valence electrons. The summed E-state index contributed by atoms with van der Waals surface area (Å²) in [6.45, 7) is 3.97. The zero-order valence-corrected chi connectivity index (χ0v) is 12.5. The van der Waals surface area contributed by atoms with E-state index >= 15 is 0 Å². The van der Waals surface area contributed by atoms with Crippen LogP contribution in [0, 0.1) is 3.95 Å². The van der Waals surface area contributed by atoms with Crippen LogP contribution >= 0.6 is 23.6 Å². The molecule has 1 aliphatic rings. The molecule has 1 amide bonds. The molecule has 1 aromatic heterocycles. The number of amides is 1. The molecule has 0 spiro atoms. The van der Waals surface area contributed by atoms with Gasteiger partial charge in [-0.2, -0.15) is 0 Å². The first-order valence-electron chi connectivity index (χ1n) is 6.18. The molecule has 0 saturated heterocycles. The van der Waals surface area contributed by atoms with Crippen LogP contribution in [-0.4, -0.2) is 46.9 Å². The van der Waals surface area contributed by atoms with Crippen LogP contribution < -0.4 is 0 Å². The van der Waals surface area contributed by atoms with Crippen LogP contribution in [0.3, 0.4) is 0 Å². The Hall–Kier alpha value is -1.44. The number of carbonyl (C=O) groups excluding carboxylic acids is 1. The second kappa shape index (κ2) is 6.83. The number of hydrogen-bond acceptors (Lipinski definition) is 5. The summed E-state index contributed by atoms with van der Waals surface area (Å²) in [7, 11) is 0. The number of H-pyrrole nitrogens is 1. The Morgan fingerprint density at radius 3 is 3.15 bits per heavy atom. The van der Waals surface area contributed by atoms with Gasteiger partial charge < -0.3 is 14.8 Å². The second-order valence-corrected chi connectivity index (χ2v) is 5.90. The molecule has 1 atom stereocenters. The number of thiazole rings is 1. The van der Waals surface area contributed by atoms with E-state index in [1.807, 2.05) is 11.5 Å². The van der Waals surface area contributed by atoms with Gasteiger partial charge >= 0.3 is 6.09 Å². The predicted octanol–water partition coefficient (Wildman–Crippen LogP) is 2.58. The number of nitrogens with zero attached hydrogens (tertiary/aromatic N) is 1. The van der Waals surface area contributed by atoms with Crippen molar-refractivity contribution >= 4 is 35.2 Å². The monoisotopic (exact) mass is 312 g/mol. The van der Waals surface area contributed by atoms with Crippen molar-refractivity contribution in [2.24, 2.45) is 0 Å². The normalized spacial score (nSPS) is 18.6. The van der Waals surface area contributed by atoms with Gasteiger partial charge in [0.1, 0.15) is 6.61 Å². The summed E-state index contributed by atoms with van der Waals surface area (Å²) in [6.07, 6.45) is 3.61. The summed E-state index contributed by atoms with van der Waals surface area (Å²) in [5.41, 5.74) is 2.02. The summed E-state index contributed by atoms with van der Waals surface area (Å²) >= 11 is 6.53. The van der Waals surface area contributed by atoms with Gasteiger partial charge in [0.15, 0.2) is 3.95 Å². The molecule has 5 nitrogen and oxygen atoms in total. The predicted molar refractivity (Wildman–Crippen MR) is 81.2 cm³/mol. The molecular formula is C13H16N2O3S2. The van der Waals surface area contributed by atoms with Crippen LogP contribution in [0.25, 0.3) is 5.57 Å². The van der Waals surface area contributed by atoms with Crippen molar-refractivity contribution in [3.8, 4) is 0 Å². The summed E-state index contributed by atoms with van der Waals surface area (Å²) in [5, 5.41) is 11.4. The molecule has 20 heavy (non-hydrogen) atoms. The first-order chi connectivity index (χ1) is 9.65. The minimum Gasteiger partial charge on any atom is -0.445 e. The SMILES string of the molecule is C=CCOC(=O)N1CC=C(c2csc(=S)[nH]2)C[C@@H]1CO. The number of aliphatic hydroxyl groups is 1. The van der Waals surface area contributed by atoms with Gasteiger partial charge in [-0.1, -0.05) is 18.7 Å². The zero-order chi connectivity index (χ0) is 14.5. The number of nitrogens with one attached hydrogen (secondary N) is 1. The van der Waals surface area contributed by atoms with Gasteiger partial charge in [-0.3, -0.25) is 4.90 Å². The number of hydrogen-bond donors (Lipinski definition) is 2. The molecule has 7 heteroatoms. The molecule has 1 aliphatic heterocycles. The van der Waals surface area contributed by atoms with Crippen LogP contribution in [0.4, 0.5) is 4.79 Å². The Balaban J connectivity index is 2.12. The lowest BCUT2D eigenvalue weighted by Gasteiger charge is -2.33. The van der Waals surface area contributed by atoms with Gasteiger partial charge in [-0.05, 0) is 24.2 Å². The molecule has 0 radical (unpaired) electrons. The standard InChI is InChI=1S/C13H16N2O3S2/c1-2-5-18-13(17)15-4-3-9(6-10(15)7-16)11-8-20-12(19)14-11/h2-3,8,10,16H,1,4-7H2,(H,14,19)/t10-/m1/s1. The molecular weight excluding hydrogens is 296 g/mol. The van der Waals surface area contributed by atoms with E-state index in [1.54, 1.807) is 0 Å². The molecule has 0 aliphatic carbocycles. The molecule has 0 aromatic carbocycles. The summed E-state index contributed by atoms with van der Waals surface area (Å²) in [4.78, 5) is 16.5. The van der Waals surface area contributed by atoms with E-state index in [0.717, 1.165) is 11.3 Å². The first kappa shape index (κ1) is 15.0. The number of aromatic nitrogens is 1. The molecule has 2 heterocycles. The van der Waals surface area contributed by atoms with E-state index in [4.69, 9.17) is 17.0 Å². The van der Waals surface area contributed by atoms with Crippen molar-refractivity contribution in [2.45, 2.75) is 12.5 Å². The van der Waals surface area contributed by atoms with Gasteiger partial charge in [0.05, 0.1) is 18.3 Å². The van der Waals surface area contributed by atoms with E-state index in [-0.39, 0.29) is 19.3 Å². The zero-order valence-electron chi connectivity index (χ0n) is 10.9. The van der Waals surface area contributed by atoms with Gasteiger partial charge in [0, 0.05) is 11.9 Å². The number of aromatic amines is 1. The Labute approximate surface area is 126 Å². The summed E-state index contributed by atoms with van der Waals surface area (Å²) < 4.78 is 5.73. The second-order valence-electron chi connectivity index (χ2n) is 4.35. The number of carbonyl (C=O) groups is 1. The fraction of sp³-hybridized carbons (Fsp3) is 0.385. The maximum Gasteiger partial charge on any atom is 0.410 e. The van der Waals surface area contributed by atoms with Crippen molar-refractivity contribution in [1.29, 1.82) is 0 Å². The third-order valence-electron chi connectivity index (χ3n) is 3.07. The van der Waals surface area contributed by atoms with E-state index in [1.165, 1.54) is 22.3 Å². The Bertz CT molecular complexity index is 576. The Morgan fingerprint density at radius 1 is 1.75 bits per heavy atom. The maximum absolute atomic E-state index is 11.9. The molecule has 0 saturated carbocycles. The topological polar surface area (TPSA) is 65.6 Å². The average Bonchev–Trinajstić information content (AvgIpc) is 2.90. The first-order valence-corrected chi connectivity index (χ1v) is 7.47. The van der Waals surface area contributed by atoms with Crippen molar-refractivity contribution in [2.75, 3.05) is 19.8 Å². The van der Waals surface area contributed by atoms with Crippen molar-refractivity contribution < 1.29 is 14.6 Å². The van der Waals surface area contributed by atoms with Crippen LogP contribution in [0.2, 0.25) is 0 Å². The van der Waals surface area contributed by atoms with Gasteiger partial charge in [-0.15, -0.1) is 11.3 Å². The third-order valence-corrected chi connectivity index (χ3v) is 4.13. The highest BCUT2D eigenvalue weighted by atomic mass is 32.1. The van der Waals surface area contributed by atoms with E-state index in [2.05, 4.69) is 11.6 Å². The fourth-order valence-corrected chi connectivity index (χ4v) is 2.92. The third kappa shape index (κ3) is 3.36. The summed E-state index contributed by atoms with van der Waals surface area (Å²) in [5.74, 6) is 0. The van der Waals surface area contributed by atoms with Crippen LogP contribution in [-0.2, 0) is 4.74 Å². The molecule has 0 unspecified atom stereocenters. The highest BCUT2D eigenvalue weighted by Gasteiger charge is 2.28. The Morgan fingerprint density at radius 2 is 2.55 bits per heavy atom. The average molecular weight is 312 g/mol. The van der Waals surface area contributed by atoms with E-state index in [9.17, 15) is 9.90 Å². The summed E-state index contributed by atoms with van der Waals surface area (Å²) in [6, 6.07) is -0.283. The number of ether oxygens (including phenoxy) is 1. The van der Waals surface area contributed by atoms with Crippen LogP contribution in [0.1, 0.15) is 12.1 Å². The fourth-order valence-electron chi connectivity index (χ4n) is 2.06. The molecule has 1 aromatic rings. The lowest BCUT2D eigenvalue weighted by Crippen LogP contribution is -2.45. The highest BCUT2D eigenvalue weighted by molar-refractivity contribution is 7.73. The lowest BCUT2D eigenvalue weighted by molar-refractivity contribution is 0.0804. The lowest BCUT2D eigenvalue weighted by atomic mass is 9.99. The minimum atomic E-state index is -0.433. The molecule has 2 N–H and O–H groups in total. The number of aliphatic hydroxyl groups excluding tert-OH is 1. The smallest absolute Gasteiger partial charge is 0.410 e. The highest BCUT2D eigenvalue weighted by Crippen LogP contribution is 2.27. The molecule has 2 rings (SSSR count). The maximum atomic E-state index is 11.9. The van der Waals surface area contributed by atoms with E-state index in [0.29, 0.717) is 16.9 Å². The van der Waals surface area contributed by atoms with Crippen LogP contribution in [0.5, 0.6) is 0 Å². The van der Waals surface area contributed by atoms with E-state index < -0.39 is 6.09 Å². The van der Waals surface area contributed by atoms with Gasteiger partial charge in [0.25, 0.3) is 0 Å². The van der Waals surface area contributed by atoms with Crippen LogP contribution in [0.15, 0.2) is 24.1 Å².